The molecule has 3 heterocycles. The first-order valence-electron chi connectivity index (χ1n) is 10.6. The van der Waals surface area contributed by atoms with Crippen molar-refractivity contribution in [3.05, 3.63) is 77.8 Å². The fourth-order valence-corrected chi connectivity index (χ4v) is 3.59. The number of nitriles is 1. The quantitative estimate of drug-likeness (QED) is 0.654. The summed E-state index contributed by atoms with van der Waals surface area (Å²) >= 11 is 0. The van der Waals surface area contributed by atoms with E-state index < -0.39 is 0 Å². The van der Waals surface area contributed by atoms with Gasteiger partial charge in [-0.3, -0.25) is 10.3 Å². The van der Waals surface area contributed by atoms with E-state index in [0.717, 1.165) is 28.9 Å². The molecule has 0 saturated heterocycles. The smallest absolute Gasteiger partial charge is 0.320 e. The van der Waals surface area contributed by atoms with Gasteiger partial charge in [-0.05, 0) is 54.0 Å². The number of rotatable bonds is 3. The minimum atomic E-state index is -0.181. The number of hydrogen-bond donors (Lipinski definition) is 1. The van der Waals surface area contributed by atoms with E-state index >= 15 is 0 Å². The first-order chi connectivity index (χ1) is 15.3. The number of pyridine rings is 1. The lowest BCUT2D eigenvalue weighted by atomic mass is 9.92. The van der Waals surface area contributed by atoms with Gasteiger partial charge in [0.2, 0.25) is 0 Å². The lowest BCUT2D eigenvalue weighted by Crippen LogP contribution is -2.39. The molecule has 7 nitrogen and oxygen atoms in total. The van der Waals surface area contributed by atoms with Crippen molar-refractivity contribution in [1.29, 1.82) is 5.26 Å². The fraction of sp³-hybridized carbons (Fsp3) is 0.280. The summed E-state index contributed by atoms with van der Waals surface area (Å²) < 4.78 is 1.73. The van der Waals surface area contributed by atoms with Crippen LogP contribution in [0.25, 0.3) is 11.3 Å². The molecule has 0 saturated carbocycles. The topological polar surface area (TPSA) is 86.8 Å². The minimum absolute atomic E-state index is 0.167. The number of urea groups is 1. The van der Waals surface area contributed by atoms with Gasteiger partial charge in [0, 0.05) is 37.0 Å². The Bertz CT molecular complexity index is 1180. The molecule has 1 aliphatic heterocycles. The molecule has 162 valence electrons. The first kappa shape index (κ1) is 21.3. The molecule has 1 aliphatic rings. The van der Waals surface area contributed by atoms with E-state index in [9.17, 15) is 4.79 Å². The molecule has 0 aliphatic carbocycles. The second kappa shape index (κ2) is 8.67. The molecule has 7 heteroatoms. The number of nitrogens with zero attached hydrogens (tertiary/aromatic N) is 5. The average Bonchev–Trinajstić information content (AvgIpc) is 3.24. The lowest BCUT2D eigenvalue weighted by molar-refractivity contribution is 0.217. The van der Waals surface area contributed by atoms with Gasteiger partial charge in [0.15, 0.2) is 0 Å². The van der Waals surface area contributed by atoms with Crippen LogP contribution in [0.4, 0.5) is 10.6 Å². The second-order valence-corrected chi connectivity index (χ2v) is 8.84. The zero-order valence-corrected chi connectivity index (χ0v) is 18.5. The molecule has 1 N–H and O–H groups in total. The fourth-order valence-electron chi connectivity index (χ4n) is 3.59. The predicted octanol–water partition coefficient (Wildman–Crippen LogP) is 4.76. The summed E-state index contributed by atoms with van der Waals surface area (Å²) in [5, 5.41) is 16.9. The van der Waals surface area contributed by atoms with Crippen molar-refractivity contribution >= 4 is 17.4 Å². The summed E-state index contributed by atoms with van der Waals surface area (Å²) in [5.41, 5.74) is 4.24. The number of aromatic nitrogens is 3. The zero-order chi connectivity index (χ0) is 22.7. The molecule has 0 spiro atoms. The number of carbonyl (C=O) groups excluding carboxylic acids is 1. The zero-order valence-electron chi connectivity index (χ0n) is 18.5. The Morgan fingerprint density at radius 3 is 2.50 bits per heavy atom. The Morgan fingerprint density at radius 2 is 1.84 bits per heavy atom. The van der Waals surface area contributed by atoms with Crippen molar-refractivity contribution < 1.29 is 4.79 Å². The largest absolute Gasteiger partial charge is 0.323 e. The van der Waals surface area contributed by atoms with Gasteiger partial charge in [-0.1, -0.05) is 26.8 Å². The van der Waals surface area contributed by atoms with Crippen molar-refractivity contribution in [2.24, 2.45) is 0 Å². The molecule has 3 aromatic rings. The van der Waals surface area contributed by atoms with Crippen molar-refractivity contribution in [2.75, 3.05) is 18.4 Å². The van der Waals surface area contributed by atoms with Gasteiger partial charge in [-0.15, -0.1) is 0 Å². The van der Waals surface area contributed by atoms with E-state index in [2.05, 4.69) is 43.2 Å². The Labute approximate surface area is 188 Å². The molecule has 0 unspecified atom stereocenters. The van der Waals surface area contributed by atoms with Gasteiger partial charge in [0.05, 0.1) is 23.0 Å². The average molecular weight is 427 g/mol. The lowest BCUT2D eigenvalue weighted by Gasteiger charge is -2.27. The molecule has 0 radical (unpaired) electrons. The summed E-state index contributed by atoms with van der Waals surface area (Å²) in [6, 6.07) is 15.0. The van der Waals surface area contributed by atoms with Gasteiger partial charge in [-0.25, -0.2) is 9.48 Å². The van der Waals surface area contributed by atoms with Crippen molar-refractivity contribution in [3.8, 4) is 11.8 Å². The molecule has 0 bridgehead atoms. The highest BCUT2D eigenvalue weighted by molar-refractivity contribution is 5.90. The highest BCUT2D eigenvalue weighted by atomic mass is 16.2. The van der Waals surface area contributed by atoms with Crippen molar-refractivity contribution in [1.82, 2.24) is 19.7 Å². The third-order valence-electron chi connectivity index (χ3n) is 5.44. The molecule has 4 rings (SSSR count). The van der Waals surface area contributed by atoms with Crippen LogP contribution < -0.4 is 5.32 Å². The summed E-state index contributed by atoms with van der Waals surface area (Å²) in [6.07, 6.45) is 6.50. The van der Waals surface area contributed by atoms with Crippen LogP contribution >= 0.6 is 0 Å². The van der Waals surface area contributed by atoms with E-state index in [1.54, 1.807) is 29.2 Å². The molecular formula is C25H26N6O. The van der Waals surface area contributed by atoms with E-state index in [0.29, 0.717) is 24.5 Å². The van der Waals surface area contributed by atoms with Crippen molar-refractivity contribution in [3.63, 3.8) is 0 Å². The maximum absolute atomic E-state index is 13.2. The number of hydrogen-bond acceptors (Lipinski definition) is 4. The number of anilines is 1. The highest BCUT2D eigenvalue weighted by Crippen LogP contribution is 2.27. The highest BCUT2D eigenvalue weighted by Gasteiger charge is 2.24. The van der Waals surface area contributed by atoms with Crippen LogP contribution in [0.5, 0.6) is 0 Å². The Hall–Kier alpha value is -3.92. The summed E-state index contributed by atoms with van der Waals surface area (Å²) in [6.45, 7) is 7.44. The van der Waals surface area contributed by atoms with Gasteiger partial charge in [0.25, 0.3) is 0 Å². The number of carbonyl (C=O) groups is 1. The Morgan fingerprint density at radius 1 is 1.12 bits per heavy atom. The van der Waals surface area contributed by atoms with E-state index in [-0.39, 0.29) is 11.4 Å². The summed E-state index contributed by atoms with van der Waals surface area (Å²) in [7, 11) is 0. The van der Waals surface area contributed by atoms with Crippen LogP contribution in [0.3, 0.4) is 0 Å². The normalized spacial score (nSPS) is 13.9. The van der Waals surface area contributed by atoms with Gasteiger partial charge in [0.1, 0.15) is 5.82 Å². The monoisotopic (exact) mass is 426 g/mol. The standard InChI is InChI=1S/C25H26N6O/c1-25(2,3)22-15-23(31(29-22)21-8-6-18(16-26)7-9-21)28-24(32)30-14-4-5-20(17-30)19-10-12-27-13-11-19/h5-13,15H,4,14,17H2,1-3H3,(H,28,32). The second-order valence-electron chi connectivity index (χ2n) is 8.84. The predicted molar refractivity (Wildman–Crippen MR) is 124 cm³/mol. The molecular weight excluding hydrogens is 400 g/mol. The molecule has 1 aromatic carbocycles. The summed E-state index contributed by atoms with van der Waals surface area (Å²) in [5.74, 6) is 0.602. The molecule has 0 fully saturated rings. The first-order valence-corrected chi connectivity index (χ1v) is 10.6. The van der Waals surface area contributed by atoms with Crippen LogP contribution in [0.15, 0.2) is 60.9 Å². The minimum Gasteiger partial charge on any atom is -0.320 e. The SMILES string of the molecule is CC(C)(C)c1cc(NC(=O)N2CCC=C(c3ccncc3)C2)n(-c2ccc(C#N)cc2)n1. The van der Waals surface area contributed by atoms with Crippen LogP contribution in [-0.4, -0.2) is 38.8 Å². The third-order valence-corrected chi connectivity index (χ3v) is 5.44. The van der Waals surface area contributed by atoms with Crippen molar-refractivity contribution in [2.45, 2.75) is 32.6 Å². The van der Waals surface area contributed by atoms with Gasteiger partial charge in [-0.2, -0.15) is 10.4 Å². The van der Waals surface area contributed by atoms with E-state index in [1.807, 2.05) is 35.2 Å². The Kier molecular flexibility index (Phi) is 5.78. The third kappa shape index (κ3) is 4.54. The van der Waals surface area contributed by atoms with Crippen LogP contribution in [0, 0.1) is 11.3 Å². The molecule has 2 aromatic heterocycles. The maximum Gasteiger partial charge on any atom is 0.323 e. The van der Waals surface area contributed by atoms with Gasteiger partial charge < -0.3 is 4.90 Å². The number of amides is 2. The molecule has 32 heavy (non-hydrogen) atoms. The van der Waals surface area contributed by atoms with E-state index in [4.69, 9.17) is 10.4 Å². The maximum atomic E-state index is 13.2. The Balaban J connectivity index is 1.59. The molecule has 2 amide bonds. The number of nitrogens with one attached hydrogen (secondary N) is 1. The number of benzene rings is 1. The van der Waals surface area contributed by atoms with Crippen LogP contribution in [-0.2, 0) is 5.41 Å². The van der Waals surface area contributed by atoms with Crippen LogP contribution in [0.2, 0.25) is 0 Å². The van der Waals surface area contributed by atoms with Gasteiger partial charge >= 0.3 is 6.03 Å². The summed E-state index contributed by atoms with van der Waals surface area (Å²) in [4.78, 5) is 19.1. The van der Waals surface area contributed by atoms with E-state index in [1.165, 1.54) is 0 Å². The molecule has 0 atom stereocenters. The van der Waals surface area contributed by atoms with Crippen LogP contribution in [0.1, 0.15) is 44.0 Å².